The number of carbonyl (C=O) groups is 1. The van der Waals surface area contributed by atoms with Gasteiger partial charge in [-0.3, -0.25) is 4.79 Å². The van der Waals surface area contributed by atoms with E-state index in [1.54, 1.807) is 6.07 Å². The highest BCUT2D eigenvalue weighted by atomic mass is 32.2. The number of carbonyl (C=O) groups excluding carboxylic acids is 1. The fourth-order valence-corrected chi connectivity index (χ4v) is 1.64. The number of amides is 1. The topological polar surface area (TPSA) is 122 Å². The number of nitriles is 1. The van der Waals surface area contributed by atoms with Gasteiger partial charge in [-0.1, -0.05) is 0 Å². The Balaban J connectivity index is 3.11. The third-order valence-corrected chi connectivity index (χ3v) is 2.30. The first-order valence-corrected chi connectivity index (χ1v) is 6.59. The molecule has 8 heteroatoms. The van der Waals surface area contributed by atoms with Crippen LogP contribution in [0.3, 0.4) is 0 Å². The first-order chi connectivity index (χ1) is 8.33. The van der Waals surface area contributed by atoms with E-state index < -0.39 is 16.0 Å². The van der Waals surface area contributed by atoms with Crippen LogP contribution in [0.25, 0.3) is 0 Å². The largest absolute Gasteiger partial charge is 0.399 e. The highest BCUT2D eigenvalue weighted by Gasteiger charge is 2.16. The molecular formula is C10H11N3O4S. The summed E-state index contributed by atoms with van der Waals surface area (Å²) in [4.78, 5) is 11.6. The first-order valence-electron chi connectivity index (χ1n) is 4.77. The Morgan fingerprint density at radius 3 is 2.78 bits per heavy atom. The number of hydrogen-bond acceptors (Lipinski definition) is 6. The number of nitrogens with one attached hydrogen (secondary N) is 1. The van der Waals surface area contributed by atoms with Crippen molar-refractivity contribution >= 4 is 21.7 Å². The van der Waals surface area contributed by atoms with Gasteiger partial charge in [0.05, 0.1) is 17.9 Å². The second-order valence-corrected chi connectivity index (χ2v) is 4.96. The van der Waals surface area contributed by atoms with Gasteiger partial charge < -0.3 is 15.2 Å². The molecule has 3 N–H and O–H groups in total. The van der Waals surface area contributed by atoms with Crippen molar-refractivity contribution in [3.8, 4) is 11.8 Å². The smallest absolute Gasteiger partial charge is 0.306 e. The first kappa shape index (κ1) is 13.8. The number of anilines is 1. The van der Waals surface area contributed by atoms with Gasteiger partial charge in [-0.25, -0.2) is 0 Å². The third kappa shape index (κ3) is 3.95. The van der Waals surface area contributed by atoms with Gasteiger partial charge in [-0.2, -0.15) is 13.7 Å². The van der Waals surface area contributed by atoms with Gasteiger partial charge in [0.2, 0.25) is 0 Å². The summed E-state index contributed by atoms with van der Waals surface area (Å²) in [6.07, 6.45) is 0.854. The van der Waals surface area contributed by atoms with Crippen LogP contribution in [0, 0.1) is 11.3 Å². The average molecular weight is 269 g/mol. The van der Waals surface area contributed by atoms with E-state index in [0.29, 0.717) is 0 Å². The molecule has 1 amide bonds. The minimum atomic E-state index is -3.77. The standard InChI is InChI=1S/C10H11N3O4S/c1-18(15,16)17-9-6-7(12)2-3-8(9)10(14)13-5-4-11/h2-3,6H,5,12H2,1H3,(H,13,14). The second-order valence-electron chi connectivity index (χ2n) is 3.38. The van der Waals surface area contributed by atoms with Crippen LogP contribution in [-0.2, 0) is 10.1 Å². The van der Waals surface area contributed by atoms with Crippen molar-refractivity contribution in [3.63, 3.8) is 0 Å². The van der Waals surface area contributed by atoms with Crippen molar-refractivity contribution in [2.45, 2.75) is 0 Å². The fourth-order valence-electron chi connectivity index (χ4n) is 1.17. The molecule has 0 saturated carbocycles. The van der Waals surface area contributed by atoms with E-state index in [1.807, 2.05) is 0 Å². The van der Waals surface area contributed by atoms with Crippen LogP contribution in [0.15, 0.2) is 18.2 Å². The molecule has 0 aliphatic rings. The lowest BCUT2D eigenvalue weighted by Gasteiger charge is -2.09. The number of nitrogens with two attached hydrogens (primary N) is 1. The van der Waals surface area contributed by atoms with Crippen LogP contribution in [0.2, 0.25) is 0 Å². The van der Waals surface area contributed by atoms with E-state index >= 15 is 0 Å². The lowest BCUT2D eigenvalue weighted by atomic mass is 10.1. The molecular weight excluding hydrogens is 258 g/mol. The van der Waals surface area contributed by atoms with Crippen molar-refractivity contribution in [1.82, 2.24) is 5.32 Å². The average Bonchev–Trinajstić information content (AvgIpc) is 2.23. The van der Waals surface area contributed by atoms with E-state index in [9.17, 15) is 13.2 Å². The van der Waals surface area contributed by atoms with Crippen LogP contribution in [0.4, 0.5) is 5.69 Å². The van der Waals surface area contributed by atoms with Crippen molar-refractivity contribution in [3.05, 3.63) is 23.8 Å². The van der Waals surface area contributed by atoms with Crippen LogP contribution in [0.1, 0.15) is 10.4 Å². The number of benzene rings is 1. The van der Waals surface area contributed by atoms with E-state index in [2.05, 4.69) is 9.50 Å². The van der Waals surface area contributed by atoms with E-state index in [0.717, 1.165) is 6.26 Å². The van der Waals surface area contributed by atoms with Crippen molar-refractivity contribution < 1.29 is 17.4 Å². The molecule has 0 fully saturated rings. The highest BCUT2D eigenvalue weighted by Crippen LogP contribution is 2.23. The molecule has 1 rings (SSSR count). The van der Waals surface area contributed by atoms with Gasteiger partial charge in [0.25, 0.3) is 5.91 Å². The molecule has 0 radical (unpaired) electrons. The van der Waals surface area contributed by atoms with Crippen LogP contribution >= 0.6 is 0 Å². The van der Waals surface area contributed by atoms with Crippen LogP contribution < -0.4 is 15.2 Å². The molecule has 0 heterocycles. The number of nitrogens with zero attached hydrogens (tertiary/aromatic N) is 1. The maximum Gasteiger partial charge on any atom is 0.306 e. The van der Waals surface area contributed by atoms with Gasteiger partial charge >= 0.3 is 10.1 Å². The molecule has 0 aliphatic heterocycles. The second kappa shape index (κ2) is 5.37. The van der Waals surface area contributed by atoms with Crippen LogP contribution in [-0.4, -0.2) is 27.1 Å². The lowest BCUT2D eigenvalue weighted by molar-refractivity contribution is 0.0957. The molecule has 1 aromatic rings. The Hall–Kier alpha value is -2.27. The van der Waals surface area contributed by atoms with Crippen molar-refractivity contribution in [2.24, 2.45) is 0 Å². The van der Waals surface area contributed by atoms with Crippen molar-refractivity contribution in [1.29, 1.82) is 5.26 Å². The highest BCUT2D eigenvalue weighted by molar-refractivity contribution is 7.86. The molecule has 0 atom stereocenters. The lowest BCUT2D eigenvalue weighted by Crippen LogP contribution is -2.24. The molecule has 96 valence electrons. The normalized spacial score (nSPS) is 10.4. The quantitative estimate of drug-likeness (QED) is 0.445. The number of nitrogen functional groups attached to an aromatic ring is 1. The zero-order valence-corrected chi connectivity index (χ0v) is 10.3. The maximum atomic E-state index is 11.6. The van der Waals surface area contributed by atoms with Gasteiger partial charge in [-0.15, -0.1) is 0 Å². The monoisotopic (exact) mass is 269 g/mol. The molecule has 18 heavy (non-hydrogen) atoms. The van der Waals surface area contributed by atoms with Gasteiger partial charge in [0, 0.05) is 11.8 Å². The van der Waals surface area contributed by atoms with Gasteiger partial charge in [-0.05, 0) is 12.1 Å². The maximum absolute atomic E-state index is 11.6. The van der Waals surface area contributed by atoms with E-state index in [4.69, 9.17) is 11.0 Å². The summed E-state index contributed by atoms with van der Waals surface area (Å²) in [6.45, 7) is -0.193. The molecule has 0 saturated heterocycles. The minimum absolute atomic E-state index is 0.00937. The summed E-state index contributed by atoms with van der Waals surface area (Å²) < 4.78 is 26.8. The van der Waals surface area contributed by atoms with E-state index in [-0.39, 0.29) is 23.5 Å². The molecule has 0 aliphatic carbocycles. The summed E-state index contributed by atoms with van der Waals surface area (Å²) in [7, 11) is -3.77. The van der Waals surface area contributed by atoms with Gasteiger partial charge in [0.15, 0.2) is 5.75 Å². The minimum Gasteiger partial charge on any atom is -0.399 e. The molecule has 0 spiro atoms. The Kier molecular flexibility index (Phi) is 4.12. The predicted molar refractivity (Wildman–Crippen MR) is 64.3 cm³/mol. The predicted octanol–water partition coefficient (Wildman–Crippen LogP) is -0.139. The molecule has 0 aromatic heterocycles. The number of hydrogen-bond donors (Lipinski definition) is 2. The van der Waals surface area contributed by atoms with E-state index in [1.165, 1.54) is 18.2 Å². The SMILES string of the molecule is CS(=O)(=O)Oc1cc(N)ccc1C(=O)NCC#N. The fraction of sp³-hybridized carbons (Fsp3) is 0.200. The Morgan fingerprint density at radius 2 is 2.22 bits per heavy atom. The Bertz CT molecular complexity index is 604. The Morgan fingerprint density at radius 1 is 1.56 bits per heavy atom. The summed E-state index contributed by atoms with van der Waals surface area (Å²) in [6, 6.07) is 5.71. The molecule has 1 aromatic carbocycles. The Labute approximate surface area is 104 Å². The summed E-state index contributed by atoms with van der Waals surface area (Å²) >= 11 is 0. The summed E-state index contributed by atoms with van der Waals surface area (Å²) in [5.74, 6) is -0.789. The third-order valence-electron chi connectivity index (χ3n) is 1.82. The molecule has 0 bridgehead atoms. The zero-order chi connectivity index (χ0) is 13.8. The molecule has 7 nitrogen and oxygen atoms in total. The van der Waals surface area contributed by atoms with Gasteiger partial charge in [0.1, 0.15) is 6.54 Å². The summed E-state index contributed by atoms with van der Waals surface area (Å²) in [5.41, 5.74) is 5.73. The zero-order valence-electron chi connectivity index (χ0n) is 9.50. The van der Waals surface area contributed by atoms with Crippen molar-refractivity contribution in [2.75, 3.05) is 18.5 Å². The summed E-state index contributed by atoms with van der Waals surface area (Å²) in [5, 5.41) is 10.6. The molecule has 0 unspecified atom stereocenters. The van der Waals surface area contributed by atoms with Crippen LogP contribution in [0.5, 0.6) is 5.75 Å². The number of rotatable bonds is 4.